The third-order valence-corrected chi connectivity index (χ3v) is 5.28. The van der Waals surface area contributed by atoms with Crippen LogP contribution in [0.5, 0.6) is 5.75 Å². The zero-order valence-electron chi connectivity index (χ0n) is 14.4. The van der Waals surface area contributed by atoms with Crippen LogP contribution in [-0.2, 0) is 6.54 Å². The summed E-state index contributed by atoms with van der Waals surface area (Å²) in [4.78, 5) is 16.1. The number of benzene rings is 2. The Hall–Kier alpha value is -2.86. The number of H-pyrrole nitrogens is 1. The minimum atomic E-state index is -0.367. The highest BCUT2D eigenvalue weighted by Gasteiger charge is 2.23. The average Bonchev–Trinajstić information content (AvgIpc) is 3.06. The second-order valence-corrected chi connectivity index (χ2v) is 6.95. The van der Waals surface area contributed by atoms with E-state index in [-0.39, 0.29) is 10.6 Å². The van der Waals surface area contributed by atoms with E-state index in [4.69, 9.17) is 0 Å². The van der Waals surface area contributed by atoms with Gasteiger partial charge in [-0.3, -0.25) is 15.0 Å². The fourth-order valence-corrected chi connectivity index (χ4v) is 3.85. The van der Waals surface area contributed by atoms with Gasteiger partial charge in [-0.1, -0.05) is 12.1 Å². The predicted octanol–water partition coefficient (Wildman–Crippen LogP) is 4.16. The van der Waals surface area contributed by atoms with E-state index in [0.29, 0.717) is 11.7 Å². The van der Waals surface area contributed by atoms with Gasteiger partial charge in [0.25, 0.3) is 5.69 Å². The van der Waals surface area contributed by atoms with Crippen molar-refractivity contribution in [3.63, 3.8) is 0 Å². The summed E-state index contributed by atoms with van der Waals surface area (Å²) in [6.45, 7) is 2.81. The van der Waals surface area contributed by atoms with Crippen molar-refractivity contribution in [2.75, 3.05) is 13.1 Å². The minimum Gasteiger partial charge on any atom is -0.508 e. The molecule has 2 N–H and O–H groups in total. The number of hydrogen-bond donors (Lipinski definition) is 2. The van der Waals surface area contributed by atoms with Gasteiger partial charge in [0.1, 0.15) is 5.75 Å². The minimum absolute atomic E-state index is 0.134. The summed E-state index contributed by atoms with van der Waals surface area (Å²) < 4.78 is 0. The normalized spacial score (nSPS) is 16.2. The predicted molar refractivity (Wildman–Crippen MR) is 100 cm³/mol. The van der Waals surface area contributed by atoms with Crippen LogP contribution in [0.2, 0.25) is 0 Å². The number of phenols is 1. The van der Waals surface area contributed by atoms with E-state index in [1.165, 1.54) is 5.56 Å². The summed E-state index contributed by atoms with van der Waals surface area (Å²) in [5.74, 6) is 0.785. The zero-order chi connectivity index (χ0) is 18.1. The Labute approximate surface area is 151 Å². The Morgan fingerprint density at radius 1 is 1.15 bits per heavy atom. The average molecular weight is 351 g/mol. The number of piperidine rings is 1. The first-order chi connectivity index (χ1) is 12.6. The van der Waals surface area contributed by atoms with Crippen LogP contribution in [0, 0.1) is 10.1 Å². The van der Waals surface area contributed by atoms with E-state index < -0.39 is 0 Å². The van der Waals surface area contributed by atoms with Gasteiger partial charge in [0.2, 0.25) is 0 Å². The lowest BCUT2D eigenvalue weighted by Crippen LogP contribution is -2.32. The molecule has 0 radical (unpaired) electrons. The molecule has 0 aliphatic carbocycles. The van der Waals surface area contributed by atoms with Crippen LogP contribution in [-0.4, -0.2) is 33.0 Å². The van der Waals surface area contributed by atoms with E-state index >= 15 is 0 Å². The Morgan fingerprint density at radius 2 is 1.88 bits per heavy atom. The monoisotopic (exact) mass is 351 g/mol. The van der Waals surface area contributed by atoms with Gasteiger partial charge in [-0.2, -0.15) is 0 Å². The number of nitro groups is 1. The van der Waals surface area contributed by atoms with Gasteiger partial charge < -0.3 is 10.1 Å². The van der Waals surface area contributed by atoms with Crippen molar-refractivity contribution in [2.45, 2.75) is 25.3 Å². The molecule has 0 unspecified atom stereocenters. The van der Waals surface area contributed by atoms with Crippen molar-refractivity contribution in [2.24, 2.45) is 0 Å². The topological polar surface area (TPSA) is 82.4 Å². The summed E-state index contributed by atoms with van der Waals surface area (Å²) in [6.07, 6.45) is 4.20. The van der Waals surface area contributed by atoms with Gasteiger partial charge in [-0.15, -0.1) is 0 Å². The molecular formula is C20H21N3O3. The SMILES string of the molecule is O=[N+]([O-])c1ccc(CN2CCC(c3c[nH]c4ccc(O)cc34)CC2)cc1. The molecular weight excluding hydrogens is 330 g/mol. The number of aromatic nitrogens is 1. The lowest BCUT2D eigenvalue weighted by Gasteiger charge is -2.32. The van der Waals surface area contributed by atoms with Gasteiger partial charge in [0, 0.05) is 35.8 Å². The molecule has 26 heavy (non-hydrogen) atoms. The van der Waals surface area contributed by atoms with Gasteiger partial charge in [0.05, 0.1) is 4.92 Å². The first-order valence-electron chi connectivity index (χ1n) is 8.86. The third-order valence-electron chi connectivity index (χ3n) is 5.28. The highest BCUT2D eigenvalue weighted by Crippen LogP contribution is 2.34. The molecule has 2 heterocycles. The number of non-ortho nitro benzene ring substituents is 1. The van der Waals surface area contributed by atoms with Crippen LogP contribution in [0.25, 0.3) is 10.9 Å². The molecule has 0 atom stereocenters. The molecule has 1 aromatic heterocycles. The van der Waals surface area contributed by atoms with Crippen LogP contribution < -0.4 is 0 Å². The van der Waals surface area contributed by atoms with Crippen molar-refractivity contribution in [1.82, 2.24) is 9.88 Å². The molecule has 1 aliphatic rings. The summed E-state index contributed by atoms with van der Waals surface area (Å²) in [5.41, 5.74) is 3.58. The highest BCUT2D eigenvalue weighted by molar-refractivity contribution is 5.85. The summed E-state index contributed by atoms with van der Waals surface area (Å²) in [6, 6.07) is 12.3. The quantitative estimate of drug-likeness (QED) is 0.546. The molecule has 1 fully saturated rings. The Kier molecular flexibility index (Phi) is 4.34. The van der Waals surface area contributed by atoms with E-state index in [1.807, 2.05) is 24.3 Å². The smallest absolute Gasteiger partial charge is 0.269 e. The number of fused-ring (bicyclic) bond motifs is 1. The third kappa shape index (κ3) is 3.28. The molecule has 1 aliphatic heterocycles. The molecule has 0 saturated carbocycles. The van der Waals surface area contributed by atoms with E-state index in [1.54, 1.807) is 18.2 Å². The standard InChI is InChI=1S/C20H21N3O3/c24-17-5-6-20-18(11-17)19(12-21-20)15-7-9-22(10-8-15)13-14-1-3-16(4-2-14)23(25)26/h1-6,11-12,15,21,24H,7-10,13H2. The van der Waals surface area contributed by atoms with Gasteiger partial charge >= 0.3 is 0 Å². The first kappa shape index (κ1) is 16.6. The maximum Gasteiger partial charge on any atom is 0.269 e. The molecule has 1 saturated heterocycles. The first-order valence-corrected chi connectivity index (χ1v) is 8.86. The molecule has 6 heteroatoms. The number of aromatic hydroxyl groups is 1. The van der Waals surface area contributed by atoms with Crippen LogP contribution in [0.1, 0.15) is 29.9 Å². The van der Waals surface area contributed by atoms with Crippen LogP contribution >= 0.6 is 0 Å². The van der Waals surface area contributed by atoms with Crippen molar-refractivity contribution in [1.29, 1.82) is 0 Å². The summed E-state index contributed by atoms with van der Waals surface area (Å²) >= 11 is 0. The second-order valence-electron chi connectivity index (χ2n) is 6.95. The van der Waals surface area contributed by atoms with Gasteiger partial charge in [0.15, 0.2) is 0 Å². The molecule has 0 spiro atoms. The largest absolute Gasteiger partial charge is 0.508 e. The number of rotatable bonds is 4. The Morgan fingerprint density at radius 3 is 2.58 bits per heavy atom. The number of hydrogen-bond acceptors (Lipinski definition) is 4. The molecule has 0 bridgehead atoms. The lowest BCUT2D eigenvalue weighted by atomic mass is 9.89. The zero-order valence-corrected chi connectivity index (χ0v) is 14.4. The van der Waals surface area contributed by atoms with Crippen molar-refractivity contribution < 1.29 is 10.0 Å². The van der Waals surface area contributed by atoms with Crippen molar-refractivity contribution in [3.05, 3.63) is 69.9 Å². The molecule has 4 rings (SSSR count). The molecule has 3 aromatic rings. The maximum atomic E-state index is 10.7. The molecule has 6 nitrogen and oxygen atoms in total. The molecule has 2 aromatic carbocycles. The molecule has 0 amide bonds. The summed E-state index contributed by atoms with van der Waals surface area (Å²) in [5, 5.41) is 21.6. The van der Waals surface area contributed by atoms with Crippen molar-refractivity contribution >= 4 is 16.6 Å². The number of nitrogens with zero attached hydrogens (tertiary/aromatic N) is 2. The number of likely N-dealkylation sites (tertiary alicyclic amines) is 1. The Bertz CT molecular complexity index is 925. The summed E-state index contributed by atoms with van der Waals surface area (Å²) in [7, 11) is 0. The van der Waals surface area contributed by atoms with E-state index in [9.17, 15) is 15.2 Å². The fourth-order valence-electron chi connectivity index (χ4n) is 3.85. The molecule has 134 valence electrons. The van der Waals surface area contributed by atoms with E-state index in [0.717, 1.165) is 48.9 Å². The van der Waals surface area contributed by atoms with Gasteiger partial charge in [-0.25, -0.2) is 0 Å². The Balaban J connectivity index is 1.40. The number of nitro benzene ring substituents is 1. The second kappa shape index (κ2) is 6.80. The highest BCUT2D eigenvalue weighted by atomic mass is 16.6. The van der Waals surface area contributed by atoms with Crippen LogP contribution in [0.3, 0.4) is 0 Å². The van der Waals surface area contributed by atoms with Crippen LogP contribution in [0.15, 0.2) is 48.7 Å². The van der Waals surface area contributed by atoms with E-state index in [2.05, 4.69) is 16.1 Å². The van der Waals surface area contributed by atoms with Crippen molar-refractivity contribution in [3.8, 4) is 5.75 Å². The van der Waals surface area contributed by atoms with Crippen LogP contribution in [0.4, 0.5) is 5.69 Å². The number of aromatic amines is 1. The maximum absolute atomic E-state index is 10.7. The fraction of sp³-hybridized carbons (Fsp3) is 0.300. The number of nitrogens with one attached hydrogen (secondary N) is 1. The van der Waals surface area contributed by atoms with Gasteiger partial charge in [-0.05, 0) is 61.2 Å². The lowest BCUT2D eigenvalue weighted by molar-refractivity contribution is -0.384. The number of phenolic OH excluding ortho intramolecular Hbond substituents is 1.